The summed E-state index contributed by atoms with van der Waals surface area (Å²) < 4.78 is 62.1. The van der Waals surface area contributed by atoms with Crippen LogP contribution in [0.3, 0.4) is 0 Å². The van der Waals surface area contributed by atoms with Crippen molar-refractivity contribution in [2.24, 2.45) is 5.10 Å². The Morgan fingerprint density at radius 2 is 1.26 bits per heavy atom. The quantitative estimate of drug-likeness (QED) is 0.179. The molecule has 4 rings (SSSR count). The molecule has 0 heterocycles. The molecule has 0 bridgehead atoms. The maximum Gasteiger partial charge on any atom is 0.339 e. The largest absolute Gasteiger partial charge is 0.379 e. The van der Waals surface area contributed by atoms with Gasteiger partial charge in [-0.25, -0.2) is 5.43 Å². The second-order valence-corrected chi connectivity index (χ2v) is 11.6. The van der Waals surface area contributed by atoms with Crippen LogP contribution in [0.5, 0.6) is 11.5 Å². The maximum absolute atomic E-state index is 13.0. The summed E-state index contributed by atoms with van der Waals surface area (Å²) in [5, 5.41) is 3.89. The number of amides is 1. The lowest BCUT2D eigenvalue weighted by atomic mass is 10.2. The maximum atomic E-state index is 13.0. The number of aryl methyl sites for hydroxylation is 2. The average molecular weight is 565 g/mol. The summed E-state index contributed by atoms with van der Waals surface area (Å²) in [4.78, 5) is 12.1. The molecule has 0 aromatic heterocycles. The summed E-state index contributed by atoms with van der Waals surface area (Å²) in [6, 6.07) is 24.2. The molecule has 0 aliphatic rings. The lowest BCUT2D eigenvalue weighted by Crippen LogP contribution is -2.17. The first kappa shape index (κ1) is 27.6. The highest BCUT2D eigenvalue weighted by molar-refractivity contribution is 7.87. The van der Waals surface area contributed by atoms with Gasteiger partial charge in [0.1, 0.15) is 15.5 Å². The number of rotatable bonds is 9. The number of hydrazone groups is 1. The molecule has 0 aliphatic heterocycles. The number of hydrogen-bond donors (Lipinski definition) is 1. The standard InChI is InChI=1S/C28H24N2O7S2/c1-20-8-14-25(15-9-20)38(32,33)36-24-13-12-23(19-29-30-28(31)22-6-4-3-5-7-22)27(18-24)37-39(34,35)26-16-10-21(2)11-17-26/h3-19H,1-2H3,(H,30,31). The van der Waals surface area contributed by atoms with Crippen LogP contribution in [0.4, 0.5) is 0 Å². The van der Waals surface area contributed by atoms with Crippen molar-refractivity contribution in [3.63, 3.8) is 0 Å². The average Bonchev–Trinajstić information content (AvgIpc) is 2.90. The predicted molar refractivity (Wildman–Crippen MR) is 146 cm³/mol. The Hall–Kier alpha value is -4.48. The van der Waals surface area contributed by atoms with Gasteiger partial charge in [0.05, 0.1) is 6.21 Å². The first-order chi connectivity index (χ1) is 18.5. The minimum Gasteiger partial charge on any atom is -0.379 e. The Balaban J connectivity index is 1.65. The van der Waals surface area contributed by atoms with Gasteiger partial charge < -0.3 is 8.37 Å². The van der Waals surface area contributed by atoms with Crippen LogP contribution in [-0.2, 0) is 20.2 Å². The molecular weight excluding hydrogens is 540 g/mol. The number of nitrogens with one attached hydrogen (secondary N) is 1. The van der Waals surface area contributed by atoms with Crippen LogP contribution in [0.15, 0.2) is 112 Å². The smallest absolute Gasteiger partial charge is 0.339 e. The minimum absolute atomic E-state index is 0.0721. The normalized spacial score (nSPS) is 11.7. The summed E-state index contributed by atoms with van der Waals surface area (Å²) in [6.45, 7) is 3.63. The molecule has 4 aromatic rings. The van der Waals surface area contributed by atoms with Gasteiger partial charge in [-0.3, -0.25) is 4.79 Å². The number of carbonyl (C=O) groups is 1. The second kappa shape index (κ2) is 11.5. The molecule has 0 spiro atoms. The Bertz CT molecular complexity index is 1720. The van der Waals surface area contributed by atoms with Crippen LogP contribution in [0, 0.1) is 13.8 Å². The van der Waals surface area contributed by atoms with E-state index in [0.717, 1.165) is 17.2 Å². The summed E-state index contributed by atoms with van der Waals surface area (Å²) >= 11 is 0. The third kappa shape index (κ3) is 7.09. The van der Waals surface area contributed by atoms with Crippen LogP contribution in [-0.4, -0.2) is 29.0 Å². The highest BCUT2D eigenvalue weighted by atomic mass is 32.2. The topological polar surface area (TPSA) is 128 Å². The van der Waals surface area contributed by atoms with Crippen LogP contribution >= 0.6 is 0 Å². The predicted octanol–water partition coefficient (Wildman–Crippen LogP) is 4.60. The van der Waals surface area contributed by atoms with Gasteiger partial charge >= 0.3 is 20.2 Å². The summed E-state index contributed by atoms with van der Waals surface area (Å²) in [5.41, 5.74) is 4.59. The van der Waals surface area contributed by atoms with Gasteiger partial charge in [-0.05, 0) is 62.4 Å². The molecule has 1 N–H and O–H groups in total. The summed E-state index contributed by atoms with van der Waals surface area (Å²) in [7, 11) is -8.52. The molecule has 11 heteroatoms. The molecule has 0 aliphatic carbocycles. The Morgan fingerprint density at radius 3 is 1.82 bits per heavy atom. The molecule has 1 amide bonds. The second-order valence-electron chi connectivity index (χ2n) is 8.47. The van der Waals surface area contributed by atoms with E-state index in [0.29, 0.717) is 5.56 Å². The van der Waals surface area contributed by atoms with Crippen molar-refractivity contribution in [1.82, 2.24) is 5.43 Å². The first-order valence-corrected chi connectivity index (χ1v) is 14.4. The number of carbonyl (C=O) groups excluding carboxylic acids is 1. The third-order valence-corrected chi connectivity index (χ3v) is 7.93. The van der Waals surface area contributed by atoms with Gasteiger partial charge in [0, 0.05) is 17.2 Å². The fraction of sp³-hybridized carbons (Fsp3) is 0.0714. The summed E-state index contributed by atoms with van der Waals surface area (Å²) in [5.74, 6) is -0.925. The summed E-state index contributed by atoms with van der Waals surface area (Å²) in [6.07, 6.45) is 1.18. The van der Waals surface area contributed by atoms with Gasteiger partial charge in [-0.1, -0.05) is 53.6 Å². The number of nitrogens with zero attached hydrogens (tertiary/aromatic N) is 1. The molecule has 0 atom stereocenters. The number of benzene rings is 4. The van der Waals surface area contributed by atoms with Crippen molar-refractivity contribution in [3.8, 4) is 11.5 Å². The van der Waals surface area contributed by atoms with Crippen molar-refractivity contribution in [1.29, 1.82) is 0 Å². The van der Waals surface area contributed by atoms with Gasteiger partial charge in [0.2, 0.25) is 0 Å². The fourth-order valence-corrected chi connectivity index (χ4v) is 5.18. The molecule has 0 unspecified atom stereocenters. The molecule has 0 fully saturated rings. The molecule has 0 radical (unpaired) electrons. The third-order valence-electron chi connectivity index (χ3n) is 5.42. The van der Waals surface area contributed by atoms with E-state index in [1.165, 1.54) is 42.6 Å². The van der Waals surface area contributed by atoms with Crippen molar-refractivity contribution < 1.29 is 30.0 Å². The monoisotopic (exact) mass is 564 g/mol. The zero-order valence-electron chi connectivity index (χ0n) is 20.9. The van der Waals surface area contributed by atoms with Crippen molar-refractivity contribution in [2.45, 2.75) is 23.6 Å². The first-order valence-electron chi connectivity index (χ1n) is 11.6. The van der Waals surface area contributed by atoms with Gasteiger partial charge in [0.25, 0.3) is 5.91 Å². The molecule has 0 saturated carbocycles. The molecule has 4 aromatic carbocycles. The molecule has 200 valence electrons. The lowest BCUT2D eigenvalue weighted by Gasteiger charge is -2.12. The SMILES string of the molecule is Cc1ccc(S(=O)(=O)Oc2ccc(C=NNC(=O)c3ccccc3)c(OS(=O)(=O)c3ccc(C)cc3)c2)cc1. The van der Waals surface area contributed by atoms with Crippen LogP contribution in [0.2, 0.25) is 0 Å². The van der Waals surface area contributed by atoms with E-state index in [-0.39, 0.29) is 26.9 Å². The Kier molecular flexibility index (Phi) is 8.12. The highest BCUT2D eigenvalue weighted by Crippen LogP contribution is 2.29. The van der Waals surface area contributed by atoms with Gasteiger partial charge in [-0.15, -0.1) is 0 Å². The zero-order chi connectivity index (χ0) is 28.0. The van der Waals surface area contributed by atoms with E-state index in [9.17, 15) is 21.6 Å². The number of hydrogen-bond acceptors (Lipinski definition) is 8. The van der Waals surface area contributed by atoms with E-state index in [2.05, 4.69) is 10.5 Å². The zero-order valence-corrected chi connectivity index (χ0v) is 22.6. The van der Waals surface area contributed by atoms with E-state index in [4.69, 9.17) is 8.37 Å². The van der Waals surface area contributed by atoms with Crippen LogP contribution in [0.25, 0.3) is 0 Å². The van der Waals surface area contributed by atoms with Crippen molar-refractivity contribution in [2.75, 3.05) is 0 Å². The molecule has 39 heavy (non-hydrogen) atoms. The fourth-order valence-electron chi connectivity index (χ4n) is 3.31. The minimum atomic E-state index is -4.31. The van der Waals surface area contributed by atoms with Gasteiger partial charge in [-0.2, -0.15) is 21.9 Å². The van der Waals surface area contributed by atoms with E-state index in [1.54, 1.807) is 54.6 Å². The highest BCUT2D eigenvalue weighted by Gasteiger charge is 2.21. The van der Waals surface area contributed by atoms with E-state index < -0.39 is 26.1 Å². The van der Waals surface area contributed by atoms with E-state index >= 15 is 0 Å². The molecular formula is C28H24N2O7S2. The van der Waals surface area contributed by atoms with Crippen LogP contribution in [0.1, 0.15) is 27.0 Å². The van der Waals surface area contributed by atoms with Crippen molar-refractivity contribution in [3.05, 3.63) is 119 Å². The lowest BCUT2D eigenvalue weighted by molar-refractivity contribution is 0.0955. The Labute approximate surface area is 227 Å². The molecule has 9 nitrogen and oxygen atoms in total. The molecule has 0 saturated heterocycles. The van der Waals surface area contributed by atoms with Crippen molar-refractivity contribution >= 4 is 32.4 Å². The van der Waals surface area contributed by atoms with E-state index in [1.807, 2.05) is 13.8 Å². The van der Waals surface area contributed by atoms with Gasteiger partial charge in [0.15, 0.2) is 5.75 Å². The Morgan fingerprint density at radius 1 is 0.718 bits per heavy atom. The van der Waals surface area contributed by atoms with Crippen LogP contribution < -0.4 is 13.8 Å².